The Balaban J connectivity index is 2.16. The minimum Gasteiger partial charge on any atom is -0.481 e. The third kappa shape index (κ3) is 6.88. The van der Waals surface area contributed by atoms with Crippen LogP contribution in [0.2, 0.25) is 0 Å². The molecule has 0 aliphatic heterocycles. The van der Waals surface area contributed by atoms with E-state index in [0.717, 1.165) is 39.2 Å². The van der Waals surface area contributed by atoms with E-state index in [1.165, 1.54) is 12.1 Å². The summed E-state index contributed by atoms with van der Waals surface area (Å²) in [4.78, 5) is 26.5. The molecule has 1 heterocycles. The monoisotopic (exact) mass is 513 g/mol. The van der Waals surface area contributed by atoms with E-state index in [4.69, 9.17) is 10.1 Å². The van der Waals surface area contributed by atoms with Gasteiger partial charge in [0.25, 0.3) is 0 Å². The molecule has 1 aromatic heterocycles. The third-order valence-corrected chi connectivity index (χ3v) is 8.04. The van der Waals surface area contributed by atoms with Gasteiger partial charge >= 0.3 is 5.97 Å². The number of halogens is 1. The van der Waals surface area contributed by atoms with Crippen molar-refractivity contribution in [2.45, 2.75) is 52.1 Å². The maximum absolute atomic E-state index is 13.8. The number of aliphatic carboxylic acids is 1. The van der Waals surface area contributed by atoms with Gasteiger partial charge < -0.3 is 15.1 Å². The van der Waals surface area contributed by atoms with Crippen LogP contribution in [0.1, 0.15) is 49.9 Å². The SMILES string of the molecule is CCc1c(-c2ccccc2)nc(C(C)C)c(CCP(=O)(O)CC(O)CC(=O)O)c1-c1ccc(F)cc1. The van der Waals surface area contributed by atoms with Crippen LogP contribution in [0.15, 0.2) is 54.6 Å². The average molecular weight is 514 g/mol. The molecule has 0 saturated carbocycles. The molecular weight excluding hydrogens is 480 g/mol. The fourth-order valence-electron chi connectivity index (χ4n) is 4.53. The molecule has 2 aromatic carbocycles. The molecule has 0 amide bonds. The summed E-state index contributed by atoms with van der Waals surface area (Å²) >= 11 is 0. The zero-order valence-electron chi connectivity index (χ0n) is 20.8. The van der Waals surface area contributed by atoms with Crippen LogP contribution < -0.4 is 0 Å². The highest BCUT2D eigenvalue weighted by molar-refractivity contribution is 7.58. The van der Waals surface area contributed by atoms with Crippen molar-refractivity contribution in [1.82, 2.24) is 4.98 Å². The molecule has 6 nitrogen and oxygen atoms in total. The van der Waals surface area contributed by atoms with Gasteiger partial charge in [0, 0.05) is 17.4 Å². The predicted molar refractivity (Wildman–Crippen MR) is 140 cm³/mol. The topological polar surface area (TPSA) is 108 Å². The van der Waals surface area contributed by atoms with Gasteiger partial charge in [-0.25, -0.2) is 4.39 Å². The fraction of sp³-hybridized carbons (Fsp3) is 0.357. The number of rotatable bonds is 11. The summed E-state index contributed by atoms with van der Waals surface area (Å²) < 4.78 is 26.7. The Kier molecular flexibility index (Phi) is 9.18. The number of carbonyl (C=O) groups is 1. The van der Waals surface area contributed by atoms with Gasteiger partial charge in [0.1, 0.15) is 5.82 Å². The number of aliphatic hydroxyl groups excluding tert-OH is 1. The largest absolute Gasteiger partial charge is 0.481 e. The molecule has 192 valence electrons. The number of benzene rings is 2. The Morgan fingerprint density at radius 2 is 1.67 bits per heavy atom. The molecule has 0 saturated heterocycles. The van der Waals surface area contributed by atoms with Crippen LogP contribution in [0.3, 0.4) is 0 Å². The van der Waals surface area contributed by atoms with E-state index in [-0.39, 0.29) is 24.3 Å². The Morgan fingerprint density at radius 3 is 2.22 bits per heavy atom. The first-order valence-electron chi connectivity index (χ1n) is 12.1. The molecule has 2 atom stereocenters. The van der Waals surface area contributed by atoms with Crippen molar-refractivity contribution < 1.29 is 28.9 Å². The molecule has 0 spiro atoms. The first-order valence-corrected chi connectivity index (χ1v) is 14.1. The second kappa shape index (κ2) is 11.9. The van der Waals surface area contributed by atoms with Gasteiger partial charge in [-0.1, -0.05) is 63.2 Å². The molecule has 0 fully saturated rings. The van der Waals surface area contributed by atoms with Crippen molar-refractivity contribution in [3.8, 4) is 22.4 Å². The third-order valence-electron chi connectivity index (χ3n) is 6.13. The van der Waals surface area contributed by atoms with Crippen molar-refractivity contribution in [1.29, 1.82) is 0 Å². The van der Waals surface area contributed by atoms with Crippen LogP contribution in [0.4, 0.5) is 4.39 Å². The Morgan fingerprint density at radius 1 is 1.03 bits per heavy atom. The zero-order valence-corrected chi connectivity index (χ0v) is 21.7. The van der Waals surface area contributed by atoms with Gasteiger partial charge in [-0.05, 0) is 53.1 Å². The lowest BCUT2D eigenvalue weighted by molar-refractivity contribution is -0.138. The Hall–Kier alpha value is -2.86. The molecule has 8 heteroatoms. The molecule has 36 heavy (non-hydrogen) atoms. The maximum atomic E-state index is 13.8. The molecule has 2 unspecified atom stereocenters. The highest BCUT2D eigenvalue weighted by Crippen LogP contribution is 2.45. The number of carboxylic acid groups (broad SMARTS) is 1. The Labute approximate surface area is 211 Å². The van der Waals surface area contributed by atoms with Crippen LogP contribution in [0.5, 0.6) is 0 Å². The highest BCUT2D eigenvalue weighted by atomic mass is 31.2. The molecule has 0 radical (unpaired) electrons. The number of nitrogens with zero attached hydrogens (tertiary/aromatic N) is 1. The van der Waals surface area contributed by atoms with Gasteiger partial charge in [0.15, 0.2) is 0 Å². The molecular formula is C28H33FNO5P. The number of aromatic nitrogens is 1. The van der Waals surface area contributed by atoms with Crippen LogP contribution >= 0.6 is 7.37 Å². The van der Waals surface area contributed by atoms with Gasteiger partial charge in [-0.2, -0.15) is 0 Å². The molecule has 3 N–H and O–H groups in total. The van der Waals surface area contributed by atoms with Crippen molar-refractivity contribution >= 4 is 13.3 Å². The van der Waals surface area contributed by atoms with Crippen LogP contribution in [0.25, 0.3) is 22.4 Å². The summed E-state index contributed by atoms with van der Waals surface area (Å²) in [5.41, 5.74) is 6.02. The van der Waals surface area contributed by atoms with Crippen molar-refractivity contribution in [2.75, 3.05) is 12.3 Å². The van der Waals surface area contributed by atoms with E-state index in [1.54, 1.807) is 12.1 Å². The average Bonchev–Trinajstić information content (AvgIpc) is 2.81. The minimum absolute atomic E-state index is 0.00301. The number of aliphatic hydroxyl groups is 1. The number of hydrogen-bond acceptors (Lipinski definition) is 4. The van der Waals surface area contributed by atoms with E-state index >= 15 is 0 Å². The minimum atomic E-state index is -3.83. The summed E-state index contributed by atoms with van der Waals surface area (Å²) in [5.74, 6) is -1.58. The van der Waals surface area contributed by atoms with Crippen molar-refractivity contribution in [3.63, 3.8) is 0 Å². The second-order valence-electron chi connectivity index (χ2n) is 9.31. The van der Waals surface area contributed by atoms with Gasteiger partial charge in [0.2, 0.25) is 7.37 Å². The van der Waals surface area contributed by atoms with E-state index in [2.05, 4.69) is 0 Å². The summed E-state index contributed by atoms with van der Waals surface area (Å²) in [6.07, 6.45) is -1.75. The van der Waals surface area contributed by atoms with Gasteiger partial charge in [-0.3, -0.25) is 14.3 Å². The smallest absolute Gasteiger partial charge is 0.305 e. The maximum Gasteiger partial charge on any atom is 0.305 e. The zero-order chi connectivity index (χ0) is 26.5. The summed E-state index contributed by atoms with van der Waals surface area (Å²) in [6, 6.07) is 16.0. The Bertz CT molecular complexity index is 1250. The first kappa shape index (κ1) is 27.7. The number of hydrogen-bond donors (Lipinski definition) is 3. The number of pyridine rings is 1. The highest BCUT2D eigenvalue weighted by Gasteiger charge is 2.28. The van der Waals surface area contributed by atoms with Crippen molar-refractivity contribution in [3.05, 3.63) is 77.2 Å². The summed E-state index contributed by atoms with van der Waals surface area (Å²) in [5, 5.41) is 18.8. The standard InChI is InChI=1S/C28H33FNO5P/c1-4-23-26(19-10-12-21(29)13-11-19)24(14-15-36(34,35)17-22(31)16-25(32)33)27(18(2)3)30-28(23)20-8-6-5-7-9-20/h5-13,18,22,31H,4,14-17H2,1-3H3,(H,32,33)(H,34,35). The second-order valence-corrected chi connectivity index (χ2v) is 11.8. The summed E-state index contributed by atoms with van der Waals surface area (Å²) in [6.45, 7) is 6.04. The van der Waals surface area contributed by atoms with E-state index in [1.807, 2.05) is 51.1 Å². The fourth-order valence-corrected chi connectivity index (χ4v) is 6.08. The predicted octanol–water partition coefficient (Wildman–Crippen LogP) is 5.89. The molecule has 3 aromatic rings. The van der Waals surface area contributed by atoms with Crippen LogP contribution in [0, 0.1) is 5.82 Å². The summed E-state index contributed by atoms with van der Waals surface area (Å²) in [7, 11) is -3.83. The normalized spacial score (nSPS) is 14.0. The van der Waals surface area contributed by atoms with E-state index < -0.39 is 32.0 Å². The molecule has 0 bridgehead atoms. The van der Waals surface area contributed by atoms with Gasteiger partial charge in [-0.15, -0.1) is 0 Å². The van der Waals surface area contributed by atoms with E-state index in [9.17, 15) is 23.7 Å². The van der Waals surface area contributed by atoms with Gasteiger partial charge in [0.05, 0.1) is 24.4 Å². The molecule has 3 rings (SSSR count). The van der Waals surface area contributed by atoms with Crippen LogP contribution in [-0.4, -0.2) is 44.5 Å². The van der Waals surface area contributed by atoms with Crippen LogP contribution in [-0.2, 0) is 22.2 Å². The van der Waals surface area contributed by atoms with Crippen molar-refractivity contribution in [2.24, 2.45) is 0 Å². The van der Waals surface area contributed by atoms with E-state index in [0.29, 0.717) is 6.42 Å². The number of carboxylic acids is 1. The lowest BCUT2D eigenvalue weighted by atomic mass is 9.86. The first-order chi connectivity index (χ1) is 17.0. The molecule has 0 aliphatic carbocycles. The molecule has 0 aliphatic rings. The lowest BCUT2D eigenvalue weighted by Gasteiger charge is -2.24. The lowest BCUT2D eigenvalue weighted by Crippen LogP contribution is -2.19. The quantitative estimate of drug-likeness (QED) is 0.276.